The standard InChI is InChI=1S/C7H12BrF3S/c8-5-3-1-2-4-6-12-7(9,10)11/h1-6H2. The number of hydrogen-bond donors (Lipinski definition) is 0. The maximum Gasteiger partial charge on any atom is 0.441 e. The molecule has 0 rings (SSSR count). The van der Waals surface area contributed by atoms with Gasteiger partial charge in [-0.3, -0.25) is 0 Å². The largest absolute Gasteiger partial charge is 0.441 e. The molecule has 0 aromatic heterocycles. The predicted octanol–water partition coefficient (Wildman–Crippen LogP) is 4.19. The van der Waals surface area contributed by atoms with Crippen molar-refractivity contribution in [3.63, 3.8) is 0 Å². The van der Waals surface area contributed by atoms with E-state index in [-0.39, 0.29) is 17.5 Å². The fourth-order valence-electron chi connectivity index (χ4n) is 0.738. The van der Waals surface area contributed by atoms with E-state index in [2.05, 4.69) is 15.9 Å². The van der Waals surface area contributed by atoms with Gasteiger partial charge in [-0.1, -0.05) is 40.5 Å². The third kappa shape index (κ3) is 10.6. The minimum absolute atomic E-state index is 0.0799. The highest BCUT2D eigenvalue weighted by Crippen LogP contribution is 2.30. The van der Waals surface area contributed by atoms with Crippen LogP contribution in [0.15, 0.2) is 0 Å². The molecular weight excluding hydrogens is 253 g/mol. The predicted molar refractivity (Wildman–Crippen MR) is 50.8 cm³/mol. The van der Waals surface area contributed by atoms with Gasteiger partial charge in [0, 0.05) is 11.1 Å². The molecule has 0 nitrogen and oxygen atoms in total. The van der Waals surface area contributed by atoms with Crippen molar-refractivity contribution in [3.05, 3.63) is 0 Å². The molecule has 0 spiro atoms. The van der Waals surface area contributed by atoms with E-state index in [1.807, 2.05) is 0 Å². The molecule has 0 aliphatic rings. The minimum Gasteiger partial charge on any atom is -0.160 e. The van der Waals surface area contributed by atoms with Crippen molar-refractivity contribution in [2.24, 2.45) is 0 Å². The Morgan fingerprint density at radius 2 is 1.58 bits per heavy atom. The summed E-state index contributed by atoms with van der Waals surface area (Å²) in [5.74, 6) is 0.200. The van der Waals surface area contributed by atoms with E-state index in [1.165, 1.54) is 0 Å². The Kier molecular flexibility index (Phi) is 7.43. The molecule has 0 heterocycles. The fourth-order valence-corrected chi connectivity index (χ4v) is 1.71. The highest BCUT2D eigenvalue weighted by atomic mass is 79.9. The summed E-state index contributed by atoms with van der Waals surface area (Å²) in [6.07, 6.45) is 3.63. The molecule has 0 unspecified atom stereocenters. The molecule has 12 heavy (non-hydrogen) atoms. The van der Waals surface area contributed by atoms with Crippen LogP contribution in [-0.4, -0.2) is 16.6 Å². The van der Waals surface area contributed by atoms with Crippen LogP contribution in [0.4, 0.5) is 13.2 Å². The lowest BCUT2D eigenvalue weighted by Gasteiger charge is -2.04. The molecule has 0 fully saturated rings. The smallest absolute Gasteiger partial charge is 0.160 e. The summed E-state index contributed by atoms with van der Waals surface area (Å²) < 4.78 is 34.8. The lowest BCUT2D eigenvalue weighted by Crippen LogP contribution is -2.01. The first kappa shape index (κ1) is 12.6. The second kappa shape index (κ2) is 7.06. The summed E-state index contributed by atoms with van der Waals surface area (Å²) in [6.45, 7) is 0. The van der Waals surface area contributed by atoms with Gasteiger partial charge in [0.15, 0.2) is 0 Å². The first-order chi connectivity index (χ1) is 5.56. The quantitative estimate of drug-likeness (QED) is 0.512. The first-order valence-corrected chi connectivity index (χ1v) is 5.93. The van der Waals surface area contributed by atoms with Crippen LogP contribution in [0.2, 0.25) is 0 Å². The summed E-state index contributed by atoms with van der Waals surface area (Å²) in [5, 5.41) is 0.944. The number of alkyl halides is 4. The molecule has 0 aromatic carbocycles. The Bertz CT molecular complexity index is 105. The molecule has 0 amide bonds. The molecule has 0 aliphatic carbocycles. The summed E-state index contributed by atoms with van der Waals surface area (Å²) >= 11 is 3.34. The van der Waals surface area contributed by atoms with Crippen LogP contribution in [0.1, 0.15) is 25.7 Å². The number of unbranched alkanes of at least 4 members (excludes halogenated alkanes) is 3. The Balaban J connectivity index is 3.01. The van der Waals surface area contributed by atoms with E-state index in [9.17, 15) is 13.2 Å². The van der Waals surface area contributed by atoms with Crippen molar-refractivity contribution in [3.8, 4) is 0 Å². The van der Waals surface area contributed by atoms with Gasteiger partial charge in [0.05, 0.1) is 0 Å². The Hall–Kier alpha value is 0.620. The van der Waals surface area contributed by atoms with Crippen molar-refractivity contribution in [2.45, 2.75) is 31.2 Å². The van der Waals surface area contributed by atoms with Crippen molar-refractivity contribution < 1.29 is 13.2 Å². The van der Waals surface area contributed by atoms with Gasteiger partial charge in [-0.25, -0.2) is 0 Å². The number of thioether (sulfide) groups is 1. The van der Waals surface area contributed by atoms with Gasteiger partial charge in [-0.2, -0.15) is 13.2 Å². The second-order valence-electron chi connectivity index (χ2n) is 2.40. The van der Waals surface area contributed by atoms with E-state index >= 15 is 0 Å². The average molecular weight is 265 g/mol. The first-order valence-electron chi connectivity index (χ1n) is 3.83. The number of hydrogen-bond acceptors (Lipinski definition) is 1. The molecule has 5 heteroatoms. The average Bonchev–Trinajstić information content (AvgIpc) is 1.94. The van der Waals surface area contributed by atoms with Crippen LogP contribution < -0.4 is 0 Å². The number of rotatable bonds is 6. The van der Waals surface area contributed by atoms with Gasteiger partial charge in [0.1, 0.15) is 0 Å². The van der Waals surface area contributed by atoms with Crippen molar-refractivity contribution in [1.82, 2.24) is 0 Å². The topological polar surface area (TPSA) is 0 Å². The maximum atomic E-state index is 11.6. The summed E-state index contributed by atoms with van der Waals surface area (Å²) in [6, 6.07) is 0. The molecule has 0 radical (unpaired) electrons. The fraction of sp³-hybridized carbons (Fsp3) is 1.00. The van der Waals surface area contributed by atoms with E-state index in [0.29, 0.717) is 6.42 Å². The zero-order chi connectivity index (χ0) is 9.45. The molecule has 0 atom stereocenters. The molecule has 0 saturated heterocycles. The molecule has 0 aromatic rings. The van der Waals surface area contributed by atoms with Gasteiger partial charge in [0.25, 0.3) is 0 Å². The van der Waals surface area contributed by atoms with Gasteiger partial charge in [-0.15, -0.1) is 0 Å². The van der Waals surface area contributed by atoms with E-state index in [4.69, 9.17) is 0 Å². The lowest BCUT2D eigenvalue weighted by atomic mass is 10.2. The Morgan fingerprint density at radius 1 is 1.00 bits per heavy atom. The summed E-state index contributed by atoms with van der Waals surface area (Å²) in [7, 11) is 0. The second-order valence-corrected chi connectivity index (χ2v) is 4.35. The van der Waals surface area contributed by atoms with E-state index < -0.39 is 5.51 Å². The summed E-state index contributed by atoms with van der Waals surface area (Å²) in [5.41, 5.74) is -4.05. The monoisotopic (exact) mass is 264 g/mol. The van der Waals surface area contributed by atoms with Crippen molar-refractivity contribution in [2.75, 3.05) is 11.1 Å². The zero-order valence-corrected chi connectivity index (χ0v) is 9.07. The molecule has 0 aliphatic heterocycles. The van der Waals surface area contributed by atoms with E-state index in [0.717, 1.165) is 24.6 Å². The highest BCUT2D eigenvalue weighted by molar-refractivity contribution is 9.09. The zero-order valence-electron chi connectivity index (χ0n) is 6.66. The normalized spacial score (nSPS) is 12.0. The molecule has 74 valence electrons. The molecule has 0 N–H and O–H groups in total. The van der Waals surface area contributed by atoms with Crippen LogP contribution in [0, 0.1) is 0 Å². The van der Waals surface area contributed by atoms with Crippen LogP contribution in [0.5, 0.6) is 0 Å². The van der Waals surface area contributed by atoms with Crippen molar-refractivity contribution in [1.29, 1.82) is 0 Å². The Labute approximate surface area is 83.4 Å². The molecule has 0 saturated carbocycles. The van der Waals surface area contributed by atoms with Gasteiger partial charge >= 0.3 is 5.51 Å². The third-order valence-corrected chi connectivity index (χ3v) is 2.67. The molecule has 0 bridgehead atoms. The van der Waals surface area contributed by atoms with Crippen LogP contribution in [0.25, 0.3) is 0 Å². The van der Waals surface area contributed by atoms with Crippen molar-refractivity contribution >= 4 is 27.7 Å². The third-order valence-electron chi connectivity index (χ3n) is 1.29. The maximum absolute atomic E-state index is 11.6. The summed E-state index contributed by atoms with van der Waals surface area (Å²) in [4.78, 5) is 0. The highest BCUT2D eigenvalue weighted by Gasteiger charge is 2.27. The minimum atomic E-state index is -4.05. The van der Waals surface area contributed by atoms with Crippen LogP contribution in [0.3, 0.4) is 0 Å². The lowest BCUT2D eigenvalue weighted by molar-refractivity contribution is -0.0328. The van der Waals surface area contributed by atoms with Crippen LogP contribution in [-0.2, 0) is 0 Å². The van der Waals surface area contributed by atoms with E-state index in [1.54, 1.807) is 0 Å². The van der Waals surface area contributed by atoms with Gasteiger partial charge in [0.2, 0.25) is 0 Å². The number of halogens is 4. The molecular formula is C7H12BrF3S. The SMILES string of the molecule is FC(F)(F)SCCCCCCBr. The van der Waals surface area contributed by atoms with Gasteiger partial charge < -0.3 is 0 Å². The Morgan fingerprint density at radius 3 is 2.08 bits per heavy atom. The van der Waals surface area contributed by atoms with Crippen LogP contribution >= 0.6 is 27.7 Å². The van der Waals surface area contributed by atoms with Gasteiger partial charge in [-0.05, 0) is 12.8 Å².